The average Bonchev–Trinajstić information content (AvgIpc) is 2.35. The van der Waals surface area contributed by atoms with E-state index in [0.717, 1.165) is 0 Å². The van der Waals surface area contributed by atoms with Gasteiger partial charge in [0.2, 0.25) is 5.28 Å². The Bertz CT molecular complexity index is 372. The molecule has 1 fully saturated rings. The van der Waals surface area contributed by atoms with Crippen LogP contribution in [0.2, 0.25) is 0 Å². The Morgan fingerprint density at radius 3 is 2.84 bits per heavy atom. The Hall–Kier alpha value is -2.06. The van der Waals surface area contributed by atoms with E-state index in [0.29, 0.717) is 19.4 Å². The highest BCUT2D eigenvalue weighted by molar-refractivity contribution is 5.70. The number of carboxylic acid groups (broad SMARTS) is 1. The molecule has 0 radical (unpaired) electrons. The molecule has 1 saturated heterocycles. The van der Waals surface area contributed by atoms with Crippen LogP contribution in [0, 0.1) is 11.1 Å². The fraction of sp³-hybridized carbons (Fsp3) is 0.800. The molecule has 9 heteroatoms. The van der Waals surface area contributed by atoms with Crippen molar-refractivity contribution < 1.29 is 29.2 Å². The number of carbonyl (C=O) groups excluding carboxylic acids is 1. The van der Waals surface area contributed by atoms with Gasteiger partial charge in [-0.2, -0.15) is 0 Å². The van der Waals surface area contributed by atoms with Crippen LogP contribution in [-0.4, -0.2) is 46.4 Å². The van der Waals surface area contributed by atoms with Gasteiger partial charge in [-0.1, -0.05) is 0 Å². The van der Waals surface area contributed by atoms with Crippen LogP contribution in [0.25, 0.3) is 0 Å². The van der Waals surface area contributed by atoms with Crippen LogP contribution in [0.3, 0.4) is 0 Å². The minimum atomic E-state index is -0.978. The normalized spacial score (nSPS) is 21.7. The van der Waals surface area contributed by atoms with Crippen LogP contribution in [0.4, 0.5) is 0 Å². The van der Waals surface area contributed by atoms with E-state index < -0.39 is 24.1 Å². The van der Waals surface area contributed by atoms with E-state index in [-0.39, 0.29) is 11.5 Å². The third-order valence-corrected chi connectivity index (χ3v) is 2.59. The van der Waals surface area contributed by atoms with Crippen LogP contribution < -0.4 is 0 Å². The monoisotopic (exact) mass is 275 g/mol. The fourth-order valence-corrected chi connectivity index (χ4v) is 1.73. The van der Waals surface area contributed by atoms with Crippen LogP contribution in [0.15, 0.2) is 5.28 Å². The average molecular weight is 275 g/mol. The van der Waals surface area contributed by atoms with E-state index in [4.69, 9.17) is 5.11 Å². The Labute approximate surface area is 109 Å². The standard InChI is InChI=1S/C10H17N3O6/c1-7(14)18-8(2)19-11-13(17)12-5-3-4-9(6-12)10(15)16/h8-9H,3-6H2,1-2H3,(H,15,16)/b13-11+. The highest BCUT2D eigenvalue weighted by Crippen LogP contribution is 2.16. The number of carboxylic acids is 1. The molecule has 0 aromatic heterocycles. The summed E-state index contributed by atoms with van der Waals surface area (Å²) in [6, 6.07) is 0. The maximum atomic E-state index is 11.6. The fourth-order valence-electron chi connectivity index (χ4n) is 1.73. The van der Waals surface area contributed by atoms with Gasteiger partial charge < -0.3 is 15.1 Å². The van der Waals surface area contributed by atoms with Gasteiger partial charge in [0.05, 0.1) is 24.0 Å². The summed E-state index contributed by atoms with van der Waals surface area (Å²) in [4.78, 5) is 26.3. The molecule has 1 heterocycles. The van der Waals surface area contributed by atoms with Crippen molar-refractivity contribution in [1.29, 1.82) is 0 Å². The van der Waals surface area contributed by atoms with Crippen molar-refractivity contribution in [2.45, 2.75) is 33.0 Å². The Morgan fingerprint density at radius 1 is 1.58 bits per heavy atom. The summed E-state index contributed by atoms with van der Waals surface area (Å²) in [5.41, 5.74) is 0. The van der Waals surface area contributed by atoms with E-state index in [1.54, 1.807) is 0 Å². The van der Waals surface area contributed by atoms with E-state index in [2.05, 4.69) is 14.9 Å². The van der Waals surface area contributed by atoms with Crippen molar-refractivity contribution in [3.63, 3.8) is 0 Å². The van der Waals surface area contributed by atoms with Gasteiger partial charge in [-0.3, -0.25) is 14.4 Å². The number of carbonyl (C=O) groups is 2. The summed E-state index contributed by atoms with van der Waals surface area (Å²) in [6.45, 7) is 3.10. The second-order valence-electron chi connectivity index (χ2n) is 4.21. The first-order chi connectivity index (χ1) is 8.90. The number of ether oxygens (including phenoxy) is 1. The number of nitrogens with zero attached hydrogens (tertiary/aromatic N) is 3. The summed E-state index contributed by atoms with van der Waals surface area (Å²) in [7, 11) is 0. The first-order valence-corrected chi connectivity index (χ1v) is 5.89. The summed E-state index contributed by atoms with van der Waals surface area (Å²) in [5.74, 6) is -2.08. The maximum Gasteiger partial charge on any atom is 0.308 e. The largest absolute Gasteiger partial charge is 0.569 e. The zero-order chi connectivity index (χ0) is 14.4. The van der Waals surface area contributed by atoms with Crippen LogP contribution in [-0.2, 0) is 19.2 Å². The van der Waals surface area contributed by atoms with Crippen LogP contribution in [0.5, 0.6) is 0 Å². The molecule has 2 unspecified atom stereocenters. The number of hydrazine groups is 1. The van der Waals surface area contributed by atoms with Gasteiger partial charge in [0.15, 0.2) is 0 Å². The molecule has 0 bridgehead atoms. The lowest BCUT2D eigenvalue weighted by Crippen LogP contribution is -2.42. The molecule has 0 amide bonds. The molecule has 1 aliphatic rings. The molecule has 0 spiro atoms. The van der Waals surface area contributed by atoms with E-state index in [1.165, 1.54) is 18.9 Å². The highest BCUT2D eigenvalue weighted by Gasteiger charge is 2.29. The zero-order valence-corrected chi connectivity index (χ0v) is 10.8. The maximum absolute atomic E-state index is 11.6. The van der Waals surface area contributed by atoms with Crippen molar-refractivity contribution in [2.75, 3.05) is 13.1 Å². The van der Waals surface area contributed by atoms with Gasteiger partial charge in [0, 0.05) is 13.8 Å². The second-order valence-corrected chi connectivity index (χ2v) is 4.21. The summed E-state index contributed by atoms with van der Waals surface area (Å²) < 4.78 is 4.61. The summed E-state index contributed by atoms with van der Waals surface area (Å²) in [6.07, 6.45) is 0.142. The van der Waals surface area contributed by atoms with E-state index >= 15 is 0 Å². The van der Waals surface area contributed by atoms with Crippen LogP contribution >= 0.6 is 0 Å². The Balaban J connectivity index is 2.49. The molecule has 19 heavy (non-hydrogen) atoms. The highest BCUT2D eigenvalue weighted by atomic mass is 16.8. The summed E-state index contributed by atoms with van der Waals surface area (Å²) in [5, 5.41) is 24.9. The SMILES string of the molecule is CC(=O)OC(C)O/N=[N+](/[O-])N1CCCC(C(=O)O)C1. The lowest BCUT2D eigenvalue weighted by atomic mass is 10.00. The van der Waals surface area contributed by atoms with Crippen molar-refractivity contribution in [3.05, 3.63) is 5.21 Å². The number of hydrogen-bond donors (Lipinski definition) is 1. The zero-order valence-electron chi connectivity index (χ0n) is 10.8. The minimum Gasteiger partial charge on any atom is -0.569 e. The molecule has 0 aromatic carbocycles. The predicted molar refractivity (Wildman–Crippen MR) is 60.3 cm³/mol. The number of hydrogen-bond acceptors (Lipinski definition) is 6. The lowest BCUT2D eigenvalue weighted by molar-refractivity contribution is -0.715. The summed E-state index contributed by atoms with van der Waals surface area (Å²) >= 11 is 0. The van der Waals surface area contributed by atoms with E-state index in [1.807, 2.05) is 0 Å². The van der Waals surface area contributed by atoms with Gasteiger partial charge in [-0.05, 0) is 12.8 Å². The number of rotatable bonds is 5. The third-order valence-electron chi connectivity index (χ3n) is 2.59. The van der Waals surface area contributed by atoms with Crippen molar-refractivity contribution in [1.82, 2.24) is 5.01 Å². The van der Waals surface area contributed by atoms with Gasteiger partial charge in [-0.15, -0.1) is 5.01 Å². The first-order valence-electron chi connectivity index (χ1n) is 5.89. The quantitative estimate of drug-likeness (QED) is 0.255. The smallest absolute Gasteiger partial charge is 0.308 e. The third kappa shape index (κ3) is 4.98. The Kier molecular flexibility index (Phi) is 5.34. The predicted octanol–water partition coefficient (Wildman–Crippen LogP) is 0.501. The minimum absolute atomic E-state index is 0.0770. The molecular weight excluding hydrogens is 258 g/mol. The van der Waals surface area contributed by atoms with Gasteiger partial charge >= 0.3 is 11.9 Å². The topological polar surface area (TPSA) is 114 Å². The molecule has 1 N–H and O–H groups in total. The molecule has 9 nitrogen and oxygen atoms in total. The van der Waals surface area contributed by atoms with Gasteiger partial charge in [0.1, 0.15) is 0 Å². The molecule has 0 aromatic rings. The van der Waals surface area contributed by atoms with Gasteiger partial charge in [0.25, 0.3) is 6.29 Å². The number of aliphatic carboxylic acids is 1. The van der Waals surface area contributed by atoms with Crippen LogP contribution in [0.1, 0.15) is 26.7 Å². The molecule has 0 saturated carbocycles. The molecule has 2 atom stereocenters. The van der Waals surface area contributed by atoms with E-state index in [9.17, 15) is 14.8 Å². The van der Waals surface area contributed by atoms with Crippen molar-refractivity contribution >= 4 is 11.9 Å². The number of esters is 1. The molecular formula is C10H17N3O6. The Morgan fingerprint density at radius 2 is 2.26 bits per heavy atom. The second kappa shape index (κ2) is 6.76. The first kappa shape index (κ1) is 15.0. The molecule has 0 aliphatic carbocycles. The van der Waals surface area contributed by atoms with Crippen molar-refractivity contribution in [3.8, 4) is 0 Å². The number of piperidine rings is 1. The van der Waals surface area contributed by atoms with Gasteiger partial charge in [-0.25, -0.2) is 0 Å². The molecule has 108 valence electrons. The molecule has 1 aliphatic heterocycles. The molecule has 1 rings (SSSR count). The van der Waals surface area contributed by atoms with Crippen molar-refractivity contribution in [2.24, 2.45) is 11.2 Å². The lowest BCUT2D eigenvalue weighted by Gasteiger charge is -2.26.